The van der Waals surface area contributed by atoms with Crippen molar-refractivity contribution < 1.29 is 9.59 Å². The fraction of sp³-hybridized carbons (Fsp3) is 0.812. The van der Waals surface area contributed by atoms with E-state index in [1.165, 1.54) is 37.1 Å². The summed E-state index contributed by atoms with van der Waals surface area (Å²) in [5.74, 6) is 1.60. The van der Waals surface area contributed by atoms with E-state index in [1.807, 2.05) is 0 Å². The second-order valence-corrected chi connectivity index (χ2v) is 6.75. The monoisotopic (exact) mass is 291 g/mol. The number of hydrazone groups is 1. The summed E-state index contributed by atoms with van der Waals surface area (Å²) in [6, 6.07) is 0.294. The average Bonchev–Trinajstić information content (AvgIpc) is 2.50. The van der Waals surface area contributed by atoms with Crippen molar-refractivity contribution in [1.29, 1.82) is 0 Å². The van der Waals surface area contributed by atoms with Gasteiger partial charge in [-0.15, -0.1) is 0 Å². The summed E-state index contributed by atoms with van der Waals surface area (Å²) in [6.45, 7) is 0. The zero-order valence-corrected chi connectivity index (χ0v) is 12.8. The third kappa shape index (κ3) is 3.27. The summed E-state index contributed by atoms with van der Waals surface area (Å²) in [4.78, 5) is 23.7. The highest BCUT2D eigenvalue weighted by molar-refractivity contribution is 6.39. The van der Waals surface area contributed by atoms with E-state index in [0.717, 1.165) is 24.7 Å². The number of nitrogens with one attached hydrogen (secondary N) is 1. The fourth-order valence-electron chi connectivity index (χ4n) is 4.11. The van der Waals surface area contributed by atoms with Crippen LogP contribution in [0.3, 0.4) is 0 Å². The van der Waals surface area contributed by atoms with Gasteiger partial charge in [0.05, 0.1) is 0 Å². The van der Waals surface area contributed by atoms with Gasteiger partial charge in [0.2, 0.25) is 5.91 Å². The Labute approximate surface area is 126 Å². The van der Waals surface area contributed by atoms with E-state index in [-0.39, 0.29) is 11.8 Å². The Morgan fingerprint density at radius 3 is 2.67 bits per heavy atom. The first-order chi connectivity index (χ1) is 10.1. The molecule has 0 aromatic rings. The summed E-state index contributed by atoms with van der Waals surface area (Å²) in [6.07, 6.45) is 9.76. The molecule has 0 aromatic heterocycles. The van der Waals surface area contributed by atoms with E-state index >= 15 is 0 Å². The van der Waals surface area contributed by atoms with Gasteiger partial charge < -0.3 is 5.32 Å². The topological polar surface area (TPSA) is 61.8 Å². The molecule has 3 rings (SSSR count). The van der Waals surface area contributed by atoms with E-state index in [1.54, 1.807) is 7.05 Å². The van der Waals surface area contributed by atoms with Crippen molar-refractivity contribution >= 4 is 17.5 Å². The fourth-order valence-corrected chi connectivity index (χ4v) is 4.11. The Morgan fingerprint density at radius 1 is 1.14 bits per heavy atom. The molecule has 2 fully saturated rings. The van der Waals surface area contributed by atoms with Gasteiger partial charge in [0.25, 0.3) is 5.91 Å². The van der Waals surface area contributed by atoms with Crippen LogP contribution in [0.2, 0.25) is 0 Å². The predicted molar refractivity (Wildman–Crippen MR) is 80.7 cm³/mol. The summed E-state index contributed by atoms with van der Waals surface area (Å²) < 4.78 is 0. The summed E-state index contributed by atoms with van der Waals surface area (Å²) in [7, 11) is 1.61. The van der Waals surface area contributed by atoms with Crippen molar-refractivity contribution in [3.8, 4) is 0 Å². The third-order valence-electron chi connectivity index (χ3n) is 5.34. The highest BCUT2D eigenvalue weighted by Crippen LogP contribution is 2.40. The molecule has 0 radical (unpaired) electrons. The van der Waals surface area contributed by atoms with Crippen molar-refractivity contribution in [3.63, 3.8) is 0 Å². The van der Waals surface area contributed by atoms with E-state index in [9.17, 15) is 9.59 Å². The molecular weight excluding hydrogens is 266 g/mol. The van der Waals surface area contributed by atoms with Crippen LogP contribution >= 0.6 is 0 Å². The van der Waals surface area contributed by atoms with Crippen LogP contribution in [-0.4, -0.2) is 35.6 Å². The maximum absolute atomic E-state index is 12.3. The minimum Gasteiger partial charge on any atom is -0.348 e. The van der Waals surface area contributed by atoms with Crippen LogP contribution in [0.25, 0.3) is 0 Å². The van der Waals surface area contributed by atoms with Crippen LogP contribution in [0.15, 0.2) is 5.10 Å². The van der Waals surface area contributed by atoms with Gasteiger partial charge in [0, 0.05) is 25.9 Å². The molecule has 2 amide bonds. The summed E-state index contributed by atoms with van der Waals surface area (Å²) >= 11 is 0. The number of nitrogens with zero attached hydrogens (tertiary/aromatic N) is 2. The second-order valence-electron chi connectivity index (χ2n) is 6.75. The molecule has 116 valence electrons. The van der Waals surface area contributed by atoms with Crippen molar-refractivity contribution in [1.82, 2.24) is 10.3 Å². The molecule has 5 heteroatoms. The smallest absolute Gasteiger partial charge is 0.267 e. The van der Waals surface area contributed by atoms with Crippen molar-refractivity contribution in [2.45, 2.75) is 63.8 Å². The number of rotatable bonds is 2. The Hall–Kier alpha value is -1.39. The van der Waals surface area contributed by atoms with Gasteiger partial charge in [-0.25, -0.2) is 5.01 Å². The Bertz CT molecular complexity index is 460. The maximum Gasteiger partial charge on any atom is 0.267 e. The minimum atomic E-state index is -0.0754. The Kier molecular flexibility index (Phi) is 4.27. The molecule has 0 bridgehead atoms. The first-order valence-electron chi connectivity index (χ1n) is 8.28. The van der Waals surface area contributed by atoms with Gasteiger partial charge in [-0.1, -0.05) is 25.7 Å². The molecule has 5 nitrogen and oxygen atoms in total. The van der Waals surface area contributed by atoms with Crippen molar-refractivity contribution in [3.05, 3.63) is 0 Å². The van der Waals surface area contributed by atoms with E-state index in [2.05, 4.69) is 10.4 Å². The Balaban J connectivity index is 1.55. The molecule has 1 N–H and O–H groups in total. The number of fused-ring (bicyclic) bond motifs is 1. The lowest BCUT2D eigenvalue weighted by Crippen LogP contribution is -2.45. The molecule has 2 aliphatic carbocycles. The van der Waals surface area contributed by atoms with Gasteiger partial charge in [-0.2, -0.15) is 5.10 Å². The molecule has 0 saturated heterocycles. The molecule has 3 atom stereocenters. The molecule has 0 aromatic carbocycles. The van der Waals surface area contributed by atoms with Crippen LogP contribution in [0.4, 0.5) is 0 Å². The highest BCUT2D eigenvalue weighted by atomic mass is 16.2. The highest BCUT2D eigenvalue weighted by Gasteiger charge is 2.33. The number of hydrogen-bond acceptors (Lipinski definition) is 3. The lowest BCUT2D eigenvalue weighted by Gasteiger charge is -2.39. The lowest BCUT2D eigenvalue weighted by atomic mass is 9.69. The molecule has 1 heterocycles. The number of carbonyl (C=O) groups excluding carboxylic acids is 2. The van der Waals surface area contributed by atoms with Crippen LogP contribution < -0.4 is 5.32 Å². The largest absolute Gasteiger partial charge is 0.348 e. The molecule has 0 spiro atoms. The summed E-state index contributed by atoms with van der Waals surface area (Å²) in [5, 5.41) is 8.54. The van der Waals surface area contributed by atoms with Gasteiger partial charge in [-0.05, 0) is 31.1 Å². The molecule has 1 aliphatic heterocycles. The van der Waals surface area contributed by atoms with Crippen LogP contribution in [-0.2, 0) is 9.59 Å². The molecular formula is C16H25N3O2. The quantitative estimate of drug-likeness (QED) is 0.846. The SMILES string of the molecule is CN1N=C(C(=O)N[C@@H]2CC[C@H]3CCCC[C@@H]3C2)CCC1=O. The zero-order chi connectivity index (χ0) is 14.8. The normalized spacial score (nSPS) is 33.2. The van der Waals surface area contributed by atoms with Gasteiger partial charge in [-0.3, -0.25) is 9.59 Å². The van der Waals surface area contributed by atoms with Crippen molar-refractivity contribution in [2.75, 3.05) is 7.05 Å². The zero-order valence-electron chi connectivity index (χ0n) is 12.8. The van der Waals surface area contributed by atoms with Gasteiger partial charge >= 0.3 is 0 Å². The van der Waals surface area contributed by atoms with E-state index in [0.29, 0.717) is 24.6 Å². The summed E-state index contributed by atoms with van der Waals surface area (Å²) in [5.41, 5.74) is 0.503. The first kappa shape index (κ1) is 14.5. The minimum absolute atomic E-state index is 0.0192. The number of amides is 2. The average molecular weight is 291 g/mol. The van der Waals surface area contributed by atoms with E-state index in [4.69, 9.17) is 0 Å². The van der Waals surface area contributed by atoms with Crippen LogP contribution in [0, 0.1) is 11.8 Å². The molecule has 2 saturated carbocycles. The third-order valence-corrected chi connectivity index (χ3v) is 5.34. The number of hydrogen-bond donors (Lipinski definition) is 1. The van der Waals surface area contributed by atoms with E-state index < -0.39 is 0 Å². The number of carbonyl (C=O) groups is 2. The van der Waals surface area contributed by atoms with Gasteiger partial charge in [0.15, 0.2) is 0 Å². The lowest BCUT2D eigenvalue weighted by molar-refractivity contribution is -0.130. The second kappa shape index (κ2) is 6.16. The first-order valence-corrected chi connectivity index (χ1v) is 8.28. The van der Waals surface area contributed by atoms with Crippen LogP contribution in [0.1, 0.15) is 57.8 Å². The Morgan fingerprint density at radius 2 is 1.90 bits per heavy atom. The molecule has 3 aliphatic rings. The molecule has 21 heavy (non-hydrogen) atoms. The molecule has 0 unspecified atom stereocenters. The predicted octanol–water partition coefficient (Wildman–Crippen LogP) is 2.07. The van der Waals surface area contributed by atoms with Crippen molar-refractivity contribution in [2.24, 2.45) is 16.9 Å². The maximum atomic E-state index is 12.3. The standard InChI is InChI=1S/C16H25N3O2/c1-19-15(20)9-8-14(18-19)16(21)17-13-7-6-11-4-2-3-5-12(11)10-13/h11-13H,2-10H2,1H3,(H,17,21)/t11-,12-,13-/m1/s1. The van der Waals surface area contributed by atoms with Gasteiger partial charge in [0.1, 0.15) is 5.71 Å². The van der Waals surface area contributed by atoms with Crippen LogP contribution in [0.5, 0.6) is 0 Å².